The van der Waals surface area contributed by atoms with Crippen LogP contribution in [-0.4, -0.2) is 19.3 Å². The topological polar surface area (TPSA) is 21.3 Å². The normalized spacial score (nSPS) is 24.6. The van der Waals surface area contributed by atoms with E-state index in [9.17, 15) is 8.78 Å². The Bertz CT molecular complexity index is 376. The zero-order valence-corrected chi connectivity index (χ0v) is 9.88. The van der Waals surface area contributed by atoms with Crippen molar-refractivity contribution in [2.45, 2.75) is 37.8 Å². The Morgan fingerprint density at radius 2 is 1.82 bits per heavy atom. The molecule has 1 saturated carbocycles. The Kier molecular flexibility index (Phi) is 3.94. The molecule has 0 aromatic heterocycles. The Morgan fingerprint density at radius 1 is 1.12 bits per heavy atom. The molecule has 0 aliphatic heterocycles. The number of halogens is 2. The van der Waals surface area contributed by atoms with Crippen molar-refractivity contribution < 1.29 is 13.5 Å². The summed E-state index contributed by atoms with van der Waals surface area (Å²) in [7, 11) is 1.73. The summed E-state index contributed by atoms with van der Waals surface area (Å²) < 4.78 is 31.1. The third-order valence-corrected chi connectivity index (χ3v) is 3.30. The van der Waals surface area contributed by atoms with E-state index in [0.29, 0.717) is 17.8 Å². The van der Waals surface area contributed by atoms with Crippen molar-refractivity contribution in [1.82, 2.24) is 0 Å². The summed E-state index contributed by atoms with van der Waals surface area (Å²) in [5.41, 5.74) is 0.643. The molecule has 2 nitrogen and oxygen atoms in total. The van der Waals surface area contributed by atoms with Crippen LogP contribution in [0, 0.1) is 11.6 Å². The van der Waals surface area contributed by atoms with Crippen molar-refractivity contribution in [3.05, 3.63) is 29.8 Å². The summed E-state index contributed by atoms with van der Waals surface area (Å²) in [5, 5.41) is 3.23. The van der Waals surface area contributed by atoms with Gasteiger partial charge < -0.3 is 10.1 Å². The van der Waals surface area contributed by atoms with Crippen LogP contribution < -0.4 is 5.32 Å². The molecule has 0 heterocycles. The minimum atomic E-state index is -0.807. The Hall–Kier alpha value is -1.16. The Labute approximate surface area is 100.0 Å². The van der Waals surface area contributed by atoms with Crippen molar-refractivity contribution in [2.75, 3.05) is 12.4 Å². The molecule has 0 saturated heterocycles. The van der Waals surface area contributed by atoms with Gasteiger partial charge in [-0.25, -0.2) is 8.78 Å². The van der Waals surface area contributed by atoms with E-state index in [2.05, 4.69) is 5.32 Å². The monoisotopic (exact) mass is 241 g/mol. The predicted molar refractivity (Wildman–Crippen MR) is 63.0 cm³/mol. The second-order valence-electron chi connectivity index (χ2n) is 4.48. The van der Waals surface area contributed by atoms with Gasteiger partial charge in [0.15, 0.2) is 11.6 Å². The van der Waals surface area contributed by atoms with E-state index in [-0.39, 0.29) is 0 Å². The fourth-order valence-electron chi connectivity index (χ4n) is 2.26. The van der Waals surface area contributed by atoms with Crippen molar-refractivity contribution in [2.24, 2.45) is 0 Å². The molecule has 94 valence electrons. The zero-order chi connectivity index (χ0) is 12.3. The highest BCUT2D eigenvalue weighted by Gasteiger charge is 2.20. The van der Waals surface area contributed by atoms with Crippen LogP contribution in [-0.2, 0) is 4.74 Å². The maximum atomic E-state index is 13.0. The average Bonchev–Trinajstić information content (AvgIpc) is 2.35. The summed E-state index contributed by atoms with van der Waals surface area (Å²) >= 11 is 0. The number of rotatable bonds is 3. The molecule has 1 aromatic rings. The standard InChI is InChI=1S/C13H17F2NO/c1-17-11-5-2-9(3-6-11)16-10-4-7-12(14)13(15)8-10/h4,7-9,11,16H,2-3,5-6H2,1H3. The molecule has 1 fully saturated rings. The lowest BCUT2D eigenvalue weighted by Gasteiger charge is -2.28. The van der Waals surface area contributed by atoms with Gasteiger partial charge >= 0.3 is 0 Å². The van der Waals surface area contributed by atoms with E-state index in [1.54, 1.807) is 13.2 Å². The number of hydrogen-bond donors (Lipinski definition) is 1. The summed E-state index contributed by atoms with van der Waals surface area (Å²) in [5.74, 6) is -1.61. The van der Waals surface area contributed by atoms with E-state index in [1.807, 2.05) is 0 Å². The fraction of sp³-hybridized carbons (Fsp3) is 0.538. The van der Waals surface area contributed by atoms with E-state index in [4.69, 9.17) is 4.74 Å². The molecule has 2 rings (SSSR count). The second-order valence-corrected chi connectivity index (χ2v) is 4.48. The molecule has 0 atom stereocenters. The van der Waals surface area contributed by atoms with E-state index in [1.165, 1.54) is 6.07 Å². The summed E-state index contributed by atoms with van der Waals surface area (Å²) in [6.45, 7) is 0. The maximum Gasteiger partial charge on any atom is 0.160 e. The van der Waals surface area contributed by atoms with Gasteiger partial charge in [0.25, 0.3) is 0 Å². The van der Waals surface area contributed by atoms with E-state index < -0.39 is 11.6 Å². The molecule has 1 aromatic carbocycles. The lowest BCUT2D eigenvalue weighted by Crippen LogP contribution is -2.29. The molecule has 17 heavy (non-hydrogen) atoms. The number of methoxy groups -OCH3 is 1. The van der Waals surface area contributed by atoms with Crippen LogP contribution in [0.5, 0.6) is 0 Å². The first-order valence-electron chi connectivity index (χ1n) is 5.93. The maximum absolute atomic E-state index is 13.0. The smallest absolute Gasteiger partial charge is 0.160 e. The quantitative estimate of drug-likeness (QED) is 0.876. The molecule has 0 spiro atoms. The van der Waals surface area contributed by atoms with Crippen LogP contribution >= 0.6 is 0 Å². The van der Waals surface area contributed by atoms with Crippen molar-refractivity contribution in [1.29, 1.82) is 0 Å². The van der Waals surface area contributed by atoms with Gasteiger partial charge in [0.1, 0.15) is 0 Å². The molecular weight excluding hydrogens is 224 g/mol. The molecule has 1 N–H and O–H groups in total. The van der Waals surface area contributed by atoms with Crippen LogP contribution in [0.3, 0.4) is 0 Å². The van der Waals surface area contributed by atoms with Crippen LogP contribution in [0.15, 0.2) is 18.2 Å². The number of anilines is 1. The lowest BCUT2D eigenvalue weighted by atomic mass is 9.93. The summed E-state index contributed by atoms with van der Waals surface area (Å²) in [6.07, 6.45) is 4.36. The number of benzene rings is 1. The van der Waals surface area contributed by atoms with Gasteiger partial charge in [-0.3, -0.25) is 0 Å². The molecule has 1 aliphatic carbocycles. The Morgan fingerprint density at radius 3 is 2.41 bits per heavy atom. The van der Waals surface area contributed by atoms with Gasteiger partial charge in [-0.1, -0.05) is 0 Å². The van der Waals surface area contributed by atoms with Crippen molar-refractivity contribution >= 4 is 5.69 Å². The van der Waals surface area contributed by atoms with Gasteiger partial charge in [-0.05, 0) is 37.8 Å². The van der Waals surface area contributed by atoms with Crippen molar-refractivity contribution in [3.63, 3.8) is 0 Å². The largest absolute Gasteiger partial charge is 0.382 e. The number of hydrogen-bond acceptors (Lipinski definition) is 2. The highest BCUT2D eigenvalue weighted by molar-refractivity contribution is 5.44. The van der Waals surface area contributed by atoms with Gasteiger partial charge in [0.2, 0.25) is 0 Å². The van der Waals surface area contributed by atoms with E-state index >= 15 is 0 Å². The Balaban J connectivity index is 1.91. The predicted octanol–water partition coefficient (Wildman–Crippen LogP) is 3.33. The molecule has 1 aliphatic rings. The first-order valence-corrected chi connectivity index (χ1v) is 5.93. The molecule has 0 amide bonds. The van der Waals surface area contributed by atoms with Crippen LogP contribution in [0.25, 0.3) is 0 Å². The first kappa shape index (κ1) is 12.3. The van der Waals surface area contributed by atoms with Gasteiger partial charge in [0, 0.05) is 24.9 Å². The highest BCUT2D eigenvalue weighted by atomic mass is 19.2. The third kappa shape index (κ3) is 3.16. The fourth-order valence-corrected chi connectivity index (χ4v) is 2.26. The minimum absolute atomic E-state index is 0.325. The molecule has 4 heteroatoms. The number of ether oxygens (including phenoxy) is 1. The molecular formula is C13H17F2NO. The van der Waals surface area contributed by atoms with Crippen molar-refractivity contribution in [3.8, 4) is 0 Å². The summed E-state index contributed by atoms with van der Waals surface area (Å²) in [6, 6.07) is 4.25. The van der Waals surface area contributed by atoms with E-state index in [0.717, 1.165) is 31.7 Å². The minimum Gasteiger partial charge on any atom is -0.382 e. The molecule has 0 bridgehead atoms. The molecule has 0 unspecified atom stereocenters. The van der Waals surface area contributed by atoms with Gasteiger partial charge in [-0.15, -0.1) is 0 Å². The number of nitrogens with one attached hydrogen (secondary N) is 1. The van der Waals surface area contributed by atoms with Gasteiger partial charge in [-0.2, -0.15) is 0 Å². The zero-order valence-electron chi connectivity index (χ0n) is 9.88. The second kappa shape index (κ2) is 5.45. The highest BCUT2D eigenvalue weighted by Crippen LogP contribution is 2.24. The first-order chi connectivity index (χ1) is 8.19. The third-order valence-electron chi connectivity index (χ3n) is 3.30. The molecule has 0 radical (unpaired) electrons. The lowest BCUT2D eigenvalue weighted by molar-refractivity contribution is 0.0682. The van der Waals surface area contributed by atoms with Crippen LogP contribution in [0.4, 0.5) is 14.5 Å². The average molecular weight is 241 g/mol. The van der Waals surface area contributed by atoms with Gasteiger partial charge in [0.05, 0.1) is 6.10 Å². The van der Waals surface area contributed by atoms with Crippen LogP contribution in [0.2, 0.25) is 0 Å². The van der Waals surface area contributed by atoms with Crippen LogP contribution in [0.1, 0.15) is 25.7 Å². The summed E-state index contributed by atoms with van der Waals surface area (Å²) in [4.78, 5) is 0. The SMILES string of the molecule is COC1CCC(Nc2ccc(F)c(F)c2)CC1.